The normalized spacial score (nSPS) is 27.3. The molecule has 0 aliphatic heterocycles. The number of hydrogen-bond donors (Lipinski definition) is 1. The molecule has 0 bridgehead atoms. The van der Waals surface area contributed by atoms with Crippen LogP contribution in [0, 0.1) is 5.92 Å². The molecule has 1 heterocycles. The maximum absolute atomic E-state index is 12.8. The monoisotopic (exact) mass is 384 g/mol. The second-order valence-electron chi connectivity index (χ2n) is 5.83. The molecule has 0 atom stereocenters. The van der Waals surface area contributed by atoms with E-state index in [-0.39, 0.29) is 18.4 Å². The Morgan fingerprint density at radius 1 is 1.43 bits per heavy atom. The summed E-state index contributed by atoms with van der Waals surface area (Å²) < 4.78 is 39.4. The van der Waals surface area contributed by atoms with Gasteiger partial charge in [-0.3, -0.25) is 4.90 Å². The molecule has 21 heavy (non-hydrogen) atoms. The van der Waals surface area contributed by atoms with E-state index in [9.17, 15) is 13.2 Å². The Hall–Kier alpha value is -0.110. The van der Waals surface area contributed by atoms with Gasteiger partial charge in [-0.2, -0.15) is 13.2 Å². The van der Waals surface area contributed by atoms with Crippen LogP contribution in [0.25, 0.3) is 0 Å². The largest absolute Gasteiger partial charge is 0.391 e. The highest BCUT2D eigenvalue weighted by Crippen LogP contribution is 2.43. The number of likely N-dealkylation sites (N-methyl/N-ethyl adjacent to an activating group) is 1. The predicted octanol–water partition coefficient (Wildman–Crippen LogP) is 4.39. The first-order valence-corrected chi connectivity index (χ1v) is 8.65. The van der Waals surface area contributed by atoms with Crippen molar-refractivity contribution in [1.29, 1.82) is 0 Å². The van der Waals surface area contributed by atoms with Gasteiger partial charge in [0.15, 0.2) is 0 Å². The van der Waals surface area contributed by atoms with Crippen molar-refractivity contribution in [3.63, 3.8) is 0 Å². The van der Waals surface area contributed by atoms with Gasteiger partial charge in [-0.25, -0.2) is 0 Å². The standard InChI is InChI=1S/C14H20BrF3N2S/c1-20(7-12-6-11(15)8-21-12)13(9-19)4-2-10(3-5-13)14(16,17)18/h6,8,10H,2-5,7,9,19H2,1H3. The molecule has 2 nitrogen and oxygen atoms in total. The molecule has 120 valence electrons. The van der Waals surface area contributed by atoms with Crippen LogP contribution in [0.15, 0.2) is 15.9 Å². The molecule has 1 aromatic rings. The Balaban J connectivity index is 2.02. The molecule has 0 radical (unpaired) electrons. The molecule has 0 saturated heterocycles. The number of alkyl halides is 3. The van der Waals surface area contributed by atoms with Crippen LogP contribution in [-0.4, -0.2) is 30.2 Å². The summed E-state index contributed by atoms with van der Waals surface area (Å²) in [5.74, 6) is -1.17. The van der Waals surface area contributed by atoms with Crippen molar-refractivity contribution in [3.05, 3.63) is 20.8 Å². The Morgan fingerprint density at radius 2 is 2.05 bits per heavy atom. The summed E-state index contributed by atoms with van der Waals surface area (Å²) in [6, 6.07) is 2.05. The van der Waals surface area contributed by atoms with Crippen LogP contribution in [0.5, 0.6) is 0 Å². The third kappa shape index (κ3) is 4.00. The van der Waals surface area contributed by atoms with Crippen molar-refractivity contribution in [2.45, 2.75) is 43.9 Å². The first-order valence-electron chi connectivity index (χ1n) is 6.98. The van der Waals surface area contributed by atoms with Crippen LogP contribution in [0.4, 0.5) is 13.2 Å². The maximum Gasteiger partial charge on any atom is 0.391 e. The zero-order valence-electron chi connectivity index (χ0n) is 11.9. The lowest BCUT2D eigenvalue weighted by atomic mass is 9.75. The summed E-state index contributed by atoms with van der Waals surface area (Å²) in [5, 5.41) is 2.01. The number of rotatable bonds is 4. The Kier molecular flexibility index (Phi) is 5.39. The van der Waals surface area contributed by atoms with E-state index < -0.39 is 12.1 Å². The summed E-state index contributed by atoms with van der Waals surface area (Å²) in [5.41, 5.74) is 5.62. The molecule has 0 amide bonds. The fourth-order valence-corrected chi connectivity index (χ4v) is 4.57. The second-order valence-corrected chi connectivity index (χ2v) is 7.74. The smallest absolute Gasteiger partial charge is 0.329 e. The van der Waals surface area contributed by atoms with Gasteiger partial charge in [0.2, 0.25) is 0 Å². The van der Waals surface area contributed by atoms with Crippen LogP contribution in [0.3, 0.4) is 0 Å². The fourth-order valence-electron chi connectivity index (χ4n) is 3.06. The Bertz CT molecular complexity index is 467. The molecular formula is C14H20BrF3N2S. The van der Waals surface area contributed by atoms with E-state index in [4.69, 9.17) is 5.73 Å². The van der Waals surface area contributed by atoms with Crippen molar-refractivity contribution < 1.29 is 13.2 Å². The number of nitrogens with zero attached hydrogens (tertiary/aromatic N) is 1. The van der Waals surface area contributed by atoms with E-state index >= 15 is 0 Å². The van der Waals surface area contributed by atoms with Gasteiger partial charge >= 0.3 is 6.18 Å². The van der Waals surface area contributed by atoms with E-state index in [2.05, 4.69) is 20.8 Å². The third-order valence-electron chi connectivity index (χ3n) is 4.58. The predicted molar refractivity (Wildman–Crippen MR) is 83.3 cm³/mol. The molecule has 1 saturated carbocycles. The Morgan fingerprint density at radius 3 is 2.48 bits per heavy atom. The van der Waals surface area contributed by atoms with Gasteiger partial charge in [0.1, 0.15) is 0 Å². The first-order chi connectivity index (χ1) is 9.77. The molecule has 1 aliphatic carbocycles. The topological polar surface area (TPSA) is 29.3 Å². The van der Waals surface area contributed by atoms with Crippen LogP contribution < -0.4 is 5.73 Å². The molecule has 7 heteroatoms. The number of hydrogen-bond acceptors (Lipinski definition) is 3. The average molecular weight is 385 g/mol. The minimum absolute atomic E-state index is 0.180. The van der Waals surface area contributed by atoms with Crippen LogP contribution in [-0.2, 0) is 6.54 Å². The first kappa shape index (κ1) is 17.2. The molecule has 1 fully saturated rings. The highest BCUT2D eigenvalue weighted by molar-refractivity contribution is 9.10. The minimum Gasteiger partial charge on any atom is -0.329 e. The van der Waals surface area contributed by atoms with Crippen LogP contribution >= 0.6 is 27.3 Å². The zero-order chi connectivity index (χ0) is 15.7. The van der Waals surface area contributed by atoms with Gasteiger partial charge in [-0.1, -0.05) is 0 Å². The molecule has 0 aromatic carbocycles. The molecule has 2 N–H and O–H groups in total. The van der Waals surface area contributed by atoms with Crippen LogP contribution in [0.1, 0.15) is 30.6 Å². The quantitative estimate of drug-likeness (QED) is 0.833. The zero-order valence-corrected chi connectivity index (χ0v) is 14.3. The summed E-state index contributed by atoms with van der Waals surface area (Å²) >= 11 is 5.07. The van der Waals surface area contributed by atoms with E-state index in [0.717, 1.165) is 11.0 Å². The van der Waals surface area contributed by atoms with Gasteiger partial charge in [0.05, 0.1) is 5.92 Å². The Labute approximate surface area is 135 Å². The third-order valence-corrected chi connectivity index (χ3v) is 6.27. The summed E-state index contributed by atoms with van der Waals surface area (Å²) in [6.07, 6.45) is -2.69. The SMILES string of the molecule is CN(Cc1cc(Br)cs1)C1(CN)CCC(C(F)(F)F)CC1. The van der Waals surface area contributed by atoms with Crippen molar-refractivity contribution >= 4 is 27.3 Å². The van der Waals surface area contributed by atoms with E-state index in [1.54, 1.807) is 11.3 Å². The molecule has 1 aliphatic rings. The number of thiophene rings is 1. The van der Waals surface area contributed by atoms with Gasteiger partial charge in [-0.15, -0.1) is 11.3 Å². The lowest BCUT2D eigenvalue weighted by Gasteiger charge is -2.46. The lowest BCUT2D eigenvalue weighted by Crippen LogP contribution is -2.54. The van der Waals surface area contributed by atoms with E-state index in [1.165, 1.54) is 4.88 Å². The van der Waals surface area contributed by atoms with Gasteiger partial charge in [0, 0.05) is 33.4 Å². The molecule has 2 rings (SSSR count). The van der Waals surface area contributed by atoms with Gasteiger partial charge in [-0.05, 0) is 54.7 Å². The van der Waals surface area contributed by atoms with Crippen molar-refractivity contribution in [3.8, 4) is 0 Å². The van der Waals surface area contributed by atoms with Gasteiger partial charge in [0.25, 0.3) is 0 Å². The van der Waals surface area contributed by atoms with Crippen molar-refractivity contribution in [2.75, 3.05) is 13.6 Å². The van der Waals surface area contributed by atoms with E-state index in [1.807, 2.05) is 18.5 Å². The summed E-state index contributed by atoms with van der Waals surface area (Å²) in [6.45, 7) is 1.13. The molecule has 0 spiro atoms. The molecule has 1 aromatic heterocycles. The second kappa shape index (κ2) is 6.56. The minimum atomic E-state index is -4.07. The van der Waals surface area contributed by atoms with Crippen molar-refractivity contribution in [1.82, 2.24) is 4.90 Å². The van der Waals surface area contributed by atoms with Gasteiger partial charge < -0.3 is 5.73 Å². The highest BCUT2D eigenvalue weighted by Gasteiger charge is 2.46. The summed E-state index contributed by atoms with van der Waals surface area (Å²) in [7, 11) is 1.97. The summed E-state index contributed by atoms with van der Waals surface area (Å²) in [4.78, 5) is 3.33. The maximum atomic E-state index is 12.8. The lowest BCUT2D eigenvalue weighted by molar-refractivity contribution is -0.188. The van der Waals surface area contributed by atoms with Crippen LogP contribution in [0.2, 0.25) is 0 Å². The average Bonchev–Trinajstić information content (AvgIpc) is 2.83. The van der Waals surface area contributed by atoms with E-state index in [0.29, 0.717) is 19.4 Å². The molecular weight excluding hydrogens is 365 g/mol. The fraction of sp³-hybridized carbons (Fsp3) is 0.714. The highest BCUT2D eigenvalue weighted by atomic mass is 79.9. The number of nitrogens with two attached hydrogens (primary N) is 1. The van der Waals surface area contributed by atoms with Crippen molar-refractivity contribution in [2.24, 2.45) is 11.7 Å². The number of halogens is 4. The molecule has 0 unspecified atom stereocenters.